The molecule has 1 heterocycles. The summed E-state index contributed by atoms with van der Waals surface area (Å²) in [6.45, 7) is 0.700. The molecule has 156 valence electrons. The van der Waals surface area contributed by atoms with E-state index in [2.05, 4.69) is 0 Å². The third kappa shape index (κ3) is 3.77. The van der Waals surface area contributed by atoms with E-state index >= 15 is 0 Å². The standard InChI is InChI=1S/C22H27NO6/c1-24-16-10-13(11-17(25-2)20(16)27-4)9-15-19-14(7-8-23-15)12-18(26-3)21(28-5)22(19)29-6/h10-12H,7-9H2,1-6H3. The number of rotatable bonds is 8. The molecule has 0 aliphatic carbocycles. The van der Waals surface area contributed by atoms with E-state index in [1.54, 1.807) is 42.7 Å². The van der Waals surface area contributed by atoms with Crippen molar-refractivity contribution in [2.24, 2.45) is 4.99 Å². The second-order valence-electron chi connectivity index (χ2n) is 6.47. The molecule has 0 saturated carbocycles. The number of aliphatic imine (C=N–C) groups is 1. The van der Waals surface area contributed by atoms with Crippen LogP contribution in [0.15, 0.2) is 23.2 Å². The van der Waals surface area contributed by atoms with E-state index < -0.39 is 0 Å². The monoisotopic (exact) mass is 401 g/mol. The lowest BCUT2D eigenvalue weighted by Gasteiger charge is -2.23. The Hall–Kier alpha value is -3.09. The molecule has 0 aromatic heterocycles. The Morgan fingerprint density at radius 3 is 1.76 bits per heavy atom. The van der Waals surface area contributed by atoms with Crippen molar-refractivity contribution in [1.82, 2.24) is 0 Å². The average molecular weight is 401 g/mol. The van der Waals surface area contributed by atoms with Crippen LogP contribution in [-0.4, -0.2) is 54.9 Å². The molecule has 0 spiro atoms. The van der Waals surface area contributed by atoms with Gasteiger partial charge in [-0.3, -0.25) is 4.99 Å². The van der Waals surface area contributed by atoms with Gasteiger partial charge in [0.25, 0.3) is 0 Å². The first kappa shape index (κ1) is 20.6. The zero-order chi connectivity index (χ0) is 21.0. The van der Waals surface area contributed by atoms with E-state index in [0.29, 0.717) is 47.5 Å². The van der Waals surface area contributed by atoms with E-state index in [0.717, 1.165) is 28.8 Å². The van der Waals surface area contributed by atoms with Gasteiger partial charge in [-0.15, -0.1) is 0 Å². The molecule has 1 aliphatic heterocycles. The van der Waals surface area contributed by atoms with E-state index in [1.807, 2.05) is 18.2 Å². The first-order chi connectivity index (χ1) is 14.1. The van der Waals surface area contributed by atoms with Crippen LogP contribution in [0.25, 0.3) is 0 Å². The lowest BCUT2D eigenvalue weighted by atomic mass is 9.91. The maximum absolute atomic E-state index is 5.72. The highest BCUT2D eigenvalue weighted by Gasteiger charge is 2.26. The Labute approximate surface area is 171 Å². The maximum atomic E-state index is 5.72. The van der Waals surface area contributed by atoms with Crippen LogP contribution < -0.4 is 28.4 Å². The minimum Gasteiger partial charge on any atom is -0.493 e. The van der Waals surface area contributed by atoms with Gasteiger partial charge in [-0.05, 0) is 35.7 Å². The summed E-state index contributed by atoms with van der Waals surface area (Å²) in [5.41, 5.74) is 3.98. The van der Waals surface area contributed by atoms with Crippen LogP contribution in [0.1, 0.15) is 16.7 Å². The predicted octanol–water partition coefficient (Wildman–Crippen LogP) is 3.33. The Kier molecular flexibility index (Phi) is 6.36. The Morgan fingerprint density at radius 2 is 1.24 bits per heavy atom. The molecule has 3 rings (SSSR count). The van der Waals surface area contributed by atoms with Crippen molar-refractivity contribution >= 4 is 5.71 Å². The largest absolute Gasteiger partial charge is 0.493 e. The van der Waals surface area contributed by atoms with Crippen molar-refractivity contribution in [3.8, 4) is 34.5 Å². The summed E-state index contributed by atoms with van der Waals surface area (Å²) in [4.78, 5) is 4.79. The molecule has 7 heteroatoms. The minimum atomic E-state index is 0.563. The van der Waals surface area contributed by atoms with Crippen LogP contribution >= 0.6 is 0 Å². The first-order valence-corrected chi connectivity index (χ1v) is 9.26. The zero-order valence-electron chi connectivity index (χ0n) is 17.8. The van der Waals surface area contributed by atoms with Gasteiger partial charge in [0.2, 0.25) is 11.5 Å². The molecular formula is C22H27NO6. The van der Waals surface area contributed by atoms with Crippen molar-refractivity contribution in [3.05, 3.63) is 34.9 Å². The first-order valence-electron chi connectivity index (χ1n) is 9.26. The molecule has 0 radical (unpaired) electrons. The molecular weight excluding hydrogens is 374 g/mol. The van der Waals surface area contributed by atoms with Crippen molar-refractivity contribution in [2.45, 2.75) is 12.8 Å². The predicted molar refractivity (Wildman–Crippen MR) is 111 cm³/mol. The number of ether oxygens (including phenoxy) is 6. The van der Waals surface area contributed by atoms with Gasteiger partial charge in [0.15, 0.2) is 23.0 Å². The van der Waals surface area contributed by atoms with Crippen molar-refractivity contribution in [3.63, 3.8) is 0 Å². The number of methoxy groups -OCH3 is 6. The number of hydrogen-bond acceptors (Lipinski definition) is 7. The summed E-state index contributed by atoms with van der Waals surface area (Å²) in [6, 6.07) is 5.87. The normalized spacial score (nSPS) is 12.6. The quantitative estimate of drug-likeness (QED) is 0.676. The van der Waals surface area contributed by atoms with Gasteiger partial charge in [-0.2, -0.15) is 0 Å². The van der Waals surface area contributed by atoms with E-state index in [-0.39, 0.29) is 0 Å². The summed E-state index contributed by atoms with van der Waals surface area (Å²) >= 11 is 0. The fourth-order valence-corrected chi connectivity index (χ4v) is 3.69. The molecule has 0 bridgehead atoms. The van der Waals surface area contributed by atoms with Crippen LogP contribution in [0.3, 0.4) is 0 Å². The number of hydrogen-bond donors (Lipinski definition) is 0. The second-order valence-corrected chi connectivity index (χ2v) is 6.47. The number of nitrogens with zero attached hydrogens (tertiary/aromatic N) is 1. The molecule has 0 N–H and O–H groups in total. The van der Waals surface area contributed by atoms with Gasteiger partial charge in [0, 0.05) is 18.5 Å². The molecule has 0 unspecified atom stereocenters. The highest BCUT2D eigenvalue weighted by atomic mass is 16.5. The van der Waals surface area contributed by atoms with Crippen molar-refractivity contribution in [1.29, 1.82) is 0 Å². The smallest absolute Gasteiger partial charge is 0.203 e. The van der Waals surface area contributed by atoms with Crippen LogP contribution in [0.2, 0.25) is 0 Å². The molecule has 0 fully saturated rings. The number of fused-ring (bicyclic) bond motifs is 1. The summed E-state index contributed by atoms with van der Waals surface area (Å²) < 4.78 is 33.2. The maximum Gasteiger partial charge on any atom is 0.203 e. The van der Waals surface area contributed by atoms with Gasteiger partial charge < -0.3 is 28.4 Å². The van der Waals surface area contributed by atoms with E-state index in [1.165, 1.54) is 0 Å². The highest BCUT2D eigenvalue weighted by Crippen LogP contribution is 2.44. The summed E-state index contributed by atoms with van der Waals surface area (Å²) in [5.74, 6) is 3.63. The molecule has 2 aromatic carbocycles. The van der Waals surface area contributed by atoms with Crippen molar-refractivity contribution < 1.29 is 28.4 Å². The molecule has 0 atom stereocenters. The highest BCUT2D eigenvalue weighted by molar-refractivity contribution is 6.07. The molecule has 29 heavy (non-hydrogen) atoms. The van der Waals surface area contributed by atoms with Gasteiger partial charge >= 0.3 is 0 Å². The molecule has 7 nitrogen and oxygen atoms in total. The summed E-state index contributed by atoms with van der Waals surface area (Å²) in [5, 5.41) is 0. The van der Waals surface area contributed by atoms with Gasteiger partial charge in [0.1, 0.15) is 0 Å². The van der Waals surface area contributed by atoms with Gasteiger partial charge in [-0.1, -0.05) is 0 Å². The Bertz CT molecular complexity index is 897. The van der Waals surface area contributed by atoms with Crippen LogP contribution in [0, 0.1) is 0 Å². The number of benzene rings is 2. The summed E-state index contributed by atoms with van der Waals surface area (Å²) in [6.07, 6.45) is 1.39. The van der Waals surface area contributed by atoms with Gasteiger partial charge in [-0.25, -0.2) is 0 Å². The summed E-state index contributed by atoms with van der Waals surface area (Å²) in [7, 11) is 9.65. The fraction of sp³-hybridized carbons (Fsp3) is 0.409. The van der Waals surface area contributed by atoms with Crippen LogP contribution in [-0.2, 0) is 12.8 Å². The third-order valence-electron chi connectivity index (χ3n) is 4.98. The lowest BCUT2D eigenvalue weighted by molar-refractivity contribution is 0.323. The van der Waals surface area contributed by atoms with Crippen LogP contribution in [0.4, 0.5) is 0 Å². The zero-order valence-corrected chi connectivity index (χ0v) is 17.8. The SMILES string of the molecule is COc1cc(CC2=NCCc3cc(OC)c(OC)c(OC)c32)cc(OC)c1OC. The second kappa shape index (κ2) is 8.94. The average Bonchev–Trinajstić information content (AvgIpc) is 2.76. The van der Waals surface area contributed by atoms with Crippen molar-refractivity contribution in [2.75, 3.05) is 49.2 Å². The molecule has 0 amide bonds. The topological polar surface area (TPSA) is 67.7 Å². The van der Waals surface area contributed by atoms with E-state index in [9.17, 15) is 0 Å². The van der Waals surface area contributed by atoms with Crippen LogP contribution in [0.5, 0.6) is 34.5 Å². The molecule has 2 aromatic rings. The fourth-order valence-electron chi connectivity index (χ4n) is 3.69. The minimum absolute atomic E-state index is 0.563. The Balaban J connectivity index is 2.09. The van der Waals surface area contributed by atoms with E-state index in [4.69, 9.17) is 33.4 Å². The third-order valence-corrected chi connectivity index (χ3v) is 4.98. The van der Waals surface area contributed by atoms with Gasteiger partial charge in [0.05, 0.1) is 48.4 Å². The molecule has 1 aliphatic rings. The lowest BCUT2D eigenvalue weighted by Crippen LogP contribution is -2.18. The Morgan fingerprint density at radius 1 is 0.690 bits per heavy atom. The molecule has 0 saturated heterocycles.